The van der Waals surface area contributed by atoms with Gasteiger partial charge in [0.15, 0.2) is 5.78 Å². The number of nitrogens with one attached hydrogen (secondary N) is 1. The number of benzene rings is 1. The lowest BCUT2D eigenvalue weighted by Gasteiger charge is -2.31. The Morgan fingerprint density at radius 1 is 1.18 bits per heavy atom. The zero-order chi connectivity index (χ0) is 15.2. The average molecular weight is 329 g/mol. The van der Waals surface area contributed by atoms with Crippen LogP contribution in [0.5, 0.6) is 0 Å². The highest BCUT2D eigenvalue weighted by atomic mass is 35.5. The number of halogens is 2. The van der Waals surface area contributed by atoms with Crippen LogP contribution in [0.2, 0.25) is 0 Å². The number of rotatable bonds is 5. The lowest BCUT2D eigenvalue weighted by molar-refractivity contribution is -0.132. The first-order chi connectivity index (χ1) is 10.1. The van der Waals surface area contributed by atoms with E-state index in [1.165, 1.54) is 24.3 Å². The molecule has 1 amide bonds. The lowest BCUT2D eigenvalue weighted by Crippen LogP contribution is -2.44. The van der Waals surface area contributed by atoms with Crippen LogP contribution in [0.25, 0.3) is 0 Å². The zero-order valence-electron chi connectivity index (χ0n) is 12.7. The van der Waals surface area contributed by atoms with E-state index in [2.05, 4.69) is 5.32 Å². The summed E-state index contributed by atoms with van der Waals surface area (Å²) in [7, 11) is 1.93. The van der Waals surface area contributed by atoms with Crippen LogP contribution in [0.3, 0.4) is 0 Å². The summed E-state index contributed by atoms with van der Waals surface area (Å²) in [5.41, 5.74) is 0.457. The van der Waals surface area contributed by atoms with E-state index in [0.717, 1.165) is 25.9 Å². The highest BCUT2D eigenvalue weighted by Gasteiger charge is 2.22. The van der Waals surface area contributed by atoms with Gasteiger partial charge < -0.3 is 10.2 Å². The number of hydrogen-bond acceptors (Lipinski definition) is 3. The van der Waals surface area contributed by atoms with E-state index < -0.39 is 0 Å². The summed E-state index contributed by atoms with van der Waals surface area (Å²) >= 11 is 0. The van der Waals surface area contributed by atoms with Crippen molar-refractivity contribution in [3.63, 3.8) is 0 Å². The van der Waals surface area contributed by atoms with Gasteiger partial charge in [-0.1, -0.05) is 0 Å². The normalized spacial score (nSPS) is 15.3. The van der Waals surface area contributed by atoms with E-state index >= 15 is 0 Å². The van der Waals surface area contributed by atoms with E-state index in [9.17, 15) is 14.0 Å². The Kier molecular flexibility index (Phi) is 7.48. The molecule has 0 saturated carbocycles. The molecular weight excluding hydrogens is 307 g/mol. The number of ketones is 1. The van der Waals surface area contributed by atoms with Crippen molar-refractivity contribution in [2.45, 2.75) is 31.7 Å². The van der Waals surface area contributed by atoms with Gasteiger partial charge in [-0.3, -0.25) is 9.59 Å². The van der Waals surface area contributed by atoms with Crippen molar-refractivity contribution in [2.24, 2.45) is 0 Å². The van der Waals surface area contributed by atoms with Gasteiger partial charge in [0.1, 0.15) is 5.82 Å². The summed E-state index contributed by atoms with van der Waals surface area (Å²) < 4.78 is 12.8. The Morgan fingerprint density at radius 2 is 1.77 bits per heavy atom. The molecule has 0 bridgehead atoms. The van der Waals surface area contributed by atoms with Crippen LogP contribution < -0.4 is 5.32 Å². The second kappa shape index (κ2) is 8.86. The minimum atomic E-state index is -0.366. The van der Waals surface area contributed by atoms with Crippen molar-refractivity contribution in [1.82, 2.24) is 10.2 Å². The van der Waals surface area contributed by atoms with Crippen molar-refractivity contribution < 1.29 is 14.0 Å². The minimum Gasteiger partial charge on any atom is -0.343 e. The molecule has 0 aromatic heterocycles. The number of nitrogens with zero attached hydrogens (tertiary/aromatic N) is 1. The molecule has 0 aliphatic carbocycles. The standard InChI is InChI=1S/C16H21FN2O2.ClH/c1-18-14-8-10-19(11-9-14)16(21)7-6-15(20)12-2-4-13(17)5-3-12;/h2-5,14,18H,6-11H2,1H3;1H. The lowest BCUT2D eigenvalue weighted by atomic mass is 10.0. The van der Waals surface area contributed by atoms with Gasteiger partial charge in [-0.2, -0.15) is 0 Å². The number of carbonyl (C=O) groups is 2. The van der Waals surface area contributed by atoms with Crippen molar-refractivity contribution in [1.29, 1.82) is 0 Å². The number of likely N-dealkylation sites (tertiary alicyclic amines) is 1. The number of amides is 1. The van der Waals surface area contributed by atoms with E-state index in [4.69, 9.17) is 0 Å². The maximum atomic E-state index is 12.8. The third-order valence-electron chi connectivity index (χ3n) is 3.99. The predicted molar refractivity (Wildman–Crippen MR) is 85.9 cm³/mol. The highest BCUT2D eigenvalue weighted by molar-refractivity contribution is 5.97. The van der Waals surface area contributed by atoms with E-state index in [1.807, 2.05) is 11.9 Å². The minimum absolute atomic E-state index is 0. The summed E-state index contributed by atoms with van der Waals surface area (Å²) in [6.45, 7) is 1.49. The Morgan fingerprint density at radius 3 is 2.32 bits per heavy atom. The first-order valence-corrected chi connectivity index (χ1v) is 7.34. The molecule has 122 valence electrons. The third-order valence-corrected chi connectivity index (χ3v) is 3.99. The fourth-order valence-electron chi connectivity index (χ4n) is 2.58. The van der Waals surface area contributed by atoms with Crippen molar-refractivity contribution in [3.8, 4) is 0 Å². The molecule has 0 spiro atoms. The molecule has 1 aromatic rings. The SMILES string of the molecule is CNC1CCN(C(=O)CCC(=O)c2ccc(F)cc2)CC1.Cl. The summed E-state index contributed by atoms with van der Waals surface area (Å²) in [6, 6.07) is 5.92. The van der Waals surface area contributed by atoms with Crippen LogP contribution in [0.1, 0.15) is 36.0 Å². The quantitative estimate of drug-likeness (QED) is 0.845. The Labute approximate surface area is 136 Å². The average Bonchev–Trinajstić information content (AvgIpc) is 2.53. The summed E-state index contributed by atoms with van der Waals surface area (Å²) in [5, 5.41) is 3.22. The second-order valence-corrected chi connectivity index (χ2v) is 5.37. The van der Waals surface area contributed by atoms with Crippen molar-refractivity contribution >= 4 is 24.1 Å². The van der Waals surface area contributed by atoms with Crippen LogP contribution in [0, 0.1) is 5.82 Å². The van der Waals surface area contributed by atoms with Gasteiger partial charge in [-0.05, 0) is 44.2 Å². The van der Waals surface area contributed by atoms with Crippen LogP contribution in [-0.4, -0.2) is 42.8 Å². The molecule has 4 nitrogen and oxygen atoms in total. The molecule has 1 saturated heterocycles. The maximum absolute atomic E-state index is 12.8. The molecule has 1 heterocycles. The van der Waals surface area contributed by atoms with Gasteiger partial charge in [0.25, 0.3) is 0 Å². The number of Topliss-reactive ketones (excluding diaryl/α,β-unsaturated/α-hetero) is 1. The van der Waals surface area contributed by atoms with Crippen LogP contribution in [0.15, 0.2) is 24.3 Å². The summed E-state index contributed by atoms with van der Waals surface area (Å²) in [6.07, 6.45) is 2.30. The maximum Gasteiger partial charge on any atom is 0.223 e. The predicted octanol–water partition coefficient (Wildman–Crippen LogP) is 2.42. The summed E-state index contributed by atoms with van der Waals surface area (Å²) in [4.78, 5) is 25.8. The smallest absolute Gasteiger partial charge is 0.223 e. The zero-order valence-corrected chi connectivity index (χ0v) is 13.5. The highest BCUT2D eigenvalue weighted by Crippen LogP contribution is 2.13. The molecule has 1 aromatic carbocycles. The fourth-order valence-corrected chi connectivity index (χ4v) is 2.58. The molecule has 1 aliphatic heterocycles. The Bertz CT molecular complexity index is 499. The topological polar surface area (TPSA) is 49.4 Å². The Balaban J connectivity index is 0.00000242. The molecule has 0 atom stereocenters. The van der Waals surface area contributed by atoms with Crippen LogP contribution in [-0.2, 0) is 4.79 Å². The molecule has 22 heavy (non-hydrogen) atoms. The molecule has 0 radical (unpaired) electrons. The monoisotopic (exact) mass is 328 g/mol. The van der Waals surface area contributed by atoms with E-state index in [1.54, 1.807) is 0 Å². The first kappa shape index (κ1) is 18.6. The van der Waals surface area contributed by atoms with Gasteiger partial charge in [0.2, 0.25) is 5.91 Å². The molecule has 0 unspecified atom stereocenters. The van der Waals surface area contributed by atoms with Gasteiger partial charge in [0, 0.05) is 37.5 Å². The molecule has 2 rings (SSSR count). The van der Waals surface area contributed by atoms with Crippen LogP contribution in [0.4, 0.5) is 4.39 Å². The molecule has 1 N–H and O–H groups in total. The number of piperidine rings is 1. The largest absolute Gasteiger partial charge is 0.343 e. The second-order valence-electron chi connectivity index (χ2n) is 5.37. The van der Waals surface area contributed by atoms with Gasteiger partial charge in [-0.15, -0.1) is 12.4 Å². The molecular formula is C16H22ClFN2O2. The third kappa shape index (κ3) is 5.07. The molecule has 1 fully saturated rings. The van der Waals surface area contributed by atoms with E-state index in [-0.39, 0.29) is 42.8 Å². The molecule has 1 aliphatic rings. The van der Waals surface area contributed by atoms with Crippen LogP contribution >= 0.6 is 12.4 Å². The fraction of sp³-hybridized carbons (Fsp3) is 0.500. The van der Waals surface area contributed by atoms with Gasteiger partial charge in [-0.25, -0.2) is 4.39 Å². The molecule has 6 heteroatoms. The number of hydrogen-bond donors (Lipinski definition) is 1. The van der Waals surface area contributed by atoms with Crippen molar-refractivity contribution in [2.75, 3.05) is 20.1 Å². The van der Waals surface area contributed by atoms with Crippen molar-refractivity contribution in [3.05, 3.63) is 35.6 Å². The Hall–Kier alpha value is -1.46. The van der Waals surface area contributed by atoms with E-state index in [0.29, 0.717) is 11.6 Å². The summed E-state index contributed by atoms with van der Waals surface area (Å²) in [5.74, 6) is -0.455. The number of carbonyl (C=O) groups excluding carboxylic acids is 2. The van der Waals surface area contributed by atoms with Gasteiger partial charge in [0.05, 0.1) is 0 Å². The first-order valence-electron chi connectivity index (χ1n) is 7.34. The van der Waals surface area contributed by atoms with Gasteiger partial charge >= 0.3 is 0 Å².